The number of esters is 2. The zero-order valence-corrected chi connectivity index (χ0v) is 31.9. The first kappa shape index (κ1) is 45.8. The number of hydrogen-bond donors (Lipinski definition) is 0. The molecule has 278 valence electrons. The van der Waals surface area contributed by atoms with Crippen LogP contribution in [0.5, 0.6) is 0 Å². The van der Waals surface area contributed by atoms with Crippen molar-refractivity contribution in [2.75, 3.05) is 47.5 Å². The second-order valence-corrected chi connectivity index (χ2v) is 15.4. The second-order valence-electron chi connectivity index (χ2n) is 13.9. The highest BCUT2D eigenvalue weighted by Crippen LogP contribution is 2.38. The van der Waals surface area contributed by atoms with Gasteiger partial charge in [-0.25, -0.2) is 0 Å². The van der Waals surface area contributed by atoms with Crippen LogP contribution in [0.3, 0.4) is 0 Å². The summed E-state index contributed by atoms with van der Waals surface area (Å²) in [6, 6.07) is 0. The van der Waals surface area contributed by atoms with Crippen molar-refractivity contribution in [2.24, 2.45) is 0 Å². The maximum absolute atomic E-state index is 12.6. The number of unbranched alkanes of at least 4 members (excludes halogenated alkanes) is 18. The van der Waals surface area contributed by atoms with Crippen molar-refractivity contribution in [2.45, 2.75) is 168 Å². The largest absolute Gasteiger partial charge is 0.756 e. The Labute approximate surface area is 288 Å². The minimum absolute atomic E-state index is 0.0318. The van der Waals surface area contributed by atoms with E-state index >= 15 is 0 Å². The van der Waals surface area contributed by atoms with E-state index in [0.717, 1.165) is 38.5 Å². The van der Waals surface area contributed by atoms with Crippen LogP contribution in [0.1, 0.15) is 162 Å². The van der Waals surface area contributed by atoms with Gasteiger partial charge in [0.25, 0.3) is 7.82 Å². The predicted octanol–water partition coefficient (Wildman–Crippen LogP) is 9.22. The molecule has 0 aliphatic rings. The highest BCUT2D eigenvalue weighted by Gasteiger charge is 2.21. The highest BCUT2D eigenvalue weighted by atomic mass is 31.2. The summed E-state index contributed by atoms with van der Waals surface area (Å²) in [5, 5.41) is 0. The van der Waals surface area contributed by atoms with E-state index in [1.165, 1.54) is 89.9 Å². The van der Waals surface area contributed by atoms with Gasteiger partial charge < -0.3 is 27.9 Å². The molecule has 0 aliphatic heterocycles. The Morgan fingerprint density at radius 1 is 0.638 bits per heavy atom. The number of carbonyl (C=O) groups is 2. The third-order valence-electron chi connectivity index (χ3n) is 8.04. The van der Waals surface area contributed by atoms with Crippen LogP contribution in [0.15, 0.2) is 12.2 Å². The Morgan fingerprint density at radius 3 is 1.62 bits per heavy atom. The van der Waals surface area contributed by atoms with Crippen LogP contribution in [0.4, 0.5) is 0 Å². The van der Waals surface area contributed by atoms with E-state index in [4.69, 9.17) is 18.5 Å². The van der Waals surface area contributed by atoms with Crippen molar-refractivity contribution >= 4 is 19.8 Å². The third-order valence-corrected chi connectivity index (χ3v) is 9.00. The number of likely N-dealkylation sites (N-methyl/N-ethyl adjacent to an activating group) is 1. The molecule has 0 saturated heterocycles. The van der Waals surface area contributed by atoms with Crippen LogP contribution in [-0.2, 0) is 32.7 Å². The molecule has 0 aromatic rings. The van der Waals surface area contributed by atoms with E-state index in [0.29, 0.717) is 17.4 Å². The van der Waals surface area contributed by atoms with Crippen molar-refractivity contribution in [1.82, 2.24) is 0 Å². The Hall–Kier alpha value is -1.25. The second kappa shape index (κ2) is 30.8. The molecule has 0 aromatic carbocycles. The van der Waals surface area contributed by atoms with Crippen molar-refractivity contribution in [3.8, 4) is 0 Å². The van der Waals surface area contributed by atoms with Gasteiger partial charge >= 0.3 is 11.9 Å². The molecule has 9 nitrogen and oxygen atoms in total. The maximum Gasteiger partial charge on any atom is 0.306 e. The van der Waals surface area contributed by atoms with Crippen LogP contribution in [0.2, 0.25) is 0 Å². The van der Waals surface area contributed by atoms with E-state index in [-0.39, 0.29) is 26.1 Å². The summed E-state index contributed by atoms with van der Waals surface area (Å²) in [7, 11) is 1.16. The van der Waals surface area contributed by atoms with E-state index in [1.54, 1.807) is 0 Å². The molecule has 0 rings (SSSR count). The smallest absolute Gasteiger partial charge is 0.306 e. The Balaban J connectivity index is 4.44. The lowest BCUT2D eigenvalue weighted by atomic mass is 10.1. The first-order valence-corrected chi connectivity index (χ1v) is 20.4. The first-order chi connectivity index (χ1) is 22.5. The molecule has 2 atom stereocenters. The Morgan fingerprint density at radius 2 is 1.09 bits per heavy atom. The number of hydrogen-bond acceptors (Lipinski definition) is 8. The van der Waals surface area contributed by atoms with Gasteiger partial charge in [-0.05, 0) is 38.5 Å². The lowest BCUT2D eigenvalue weighted by molar-refractivity contribution is -0.870. The quantitative estimate of drug-likeness (QED) is 0.0216. The normalized spacial score (nSPS) is 13.9. The average Bonchev–Trinajstić information content (AvgIpc) is 3.01. The Bertz CT molecular complexity index is 830. The lowest BCUT2D eigenvalue weighted by Crippen LogP contribution is -2.37. The van der Waals surface area contributed by atoms with Crippen LogP contribution in [0.25, 0.3) is 0 Å². The van der Waals surface area contributed by atoms with Crippen LogP contribution < -0.4 is 4.89 Å². The van der Waals surface area contributed by atoms with E-state index in [2.05, 4.69) is 26.0 Å². The molecule has 0 saturated carbocycles. The van der Waals surface area contributed by atoms with Crippen molar-refractivity contribution in [3.05, 3.63) is 12.2 Å². The zero-order chi connectivity index (χ0) is 35.1. The summed E-state index contributed by atoms with van der Waals surface area (Å²) in [4.78, 5) is 37.2. The Kier molecular flexibility index (Phi) is 30.0. The fourth-order valence-electron chi connectivity index (χ4n) is 5.00. The molecule has 0 fully saturated rings. The van der Waals surface area contributed by atoms with E-state index in [9.17, 15) is 19.0 Å². The topological polar surface area (TPSA) is 111 Å². The van der Waals surface area contributed by atoms with Crippen LogP contribution >= 0.6 is 7.82 Å². The van der Waals surface area contributed by atoms with E-state index in [1.807, 2.05) is 21.1 Å². The zero-order valence-electron chi connectivity index (χ0n) is 31.0. The van der Waals surface area contributed by atoms with Gasteiger partial charge in [-0.15, -0.1) is 0 Å². The minimum atomic E-state index is -4.61. The summed E-state index contributed by atoms with van der Waals surface area (Å²) in [6.07, 6.45) is 28.2. The summed E-state index contributed by atoms with van der Waals surface area (Å²) >= 11 is 0. The fourth-order valence-corrected chi connectivity index (χ4v) is 5.73. The van der Waals surface area contributed by atoms with Crippen LogP contribution in [-0.4, -0.2) is 70.0 Å². The molecule has 0 aliphatic carbocycles. The summed E-state index contributed by atoms with van der Waals surface area (Å²) in [6.45, 7) is 4.16. The maximum atomic E-state index is 12.6. The molecule has 47 heavy (non-hydrogen) atoms. The number of nitrogens with zero attached hydrogens (tertiary/aromatic N) is 1. The van der Waals surface area contributed by atoms with Crippen molar-refractivity contribution in [3.63, 3.8) is 0 Å². The molecular formula is C37H72NO8P. The number of carbonyl (C=O) groups excluding carboxylic acids is 2. The molecule has 0 heterocycles. The number of rotatable bonds is 34. The molecule has 0 N–H and O–H groups in total. The monoisotopic (exact) mass is 689 g/mol. The van der Waals surface area contributed by atoms with Gasteiger partial charge in [0.1, 0.15) is 19.8 Å². The first-order valence-electron chi connectivity index (χ1n) is 18.9. The molecule has 0 radical (unpaired) electrons. The SMILES string of the molecule is CCCCCCCCCCC/C=C/CCCCC(=O)O[C@H](COC(=O)CCCCCCCCCC)COP(=O)([O-])OCC[N+](C)(C)C. The third kappa shape index (κ3) is 34.4. The van der Waals surface area contributed by atoms with Crippen molar-refractivity contribution < 1.29 is 42.1 Å². The molecule has 10 heteroatoms. The van der Waals surface area contributed by atoms with E-state index < -0.39 is 32.5 Å². The van der Waals surface area contributed by atoms with Crippen molar-refractivity contribution in [1.29, 1.82) is 0 Å². The van der Waals surface area contributed by atoms with Gasteiger partial charge in [0.15, 0.2) is 6.10 Å². The molecule has 0 spiro atoms. The van der Waals surface area contributed by atoms with Gasteiger partial charge in [0.05, 0.1) is 27.7 Å². The average molecular weight is 690 g/mol. The highest BCUT2D eigenvalue weighted by molar-refractivity contribution is 7.45. The van der Waals surface area contributed by atoms with Gasteiger partial charge in [-0.1, -0.05) is 122 Å². The van der Waals surface area contributed by atoms with Crippen LogP contribution in [0, 0.1) is 0 Å². The van der Waals surface area contributed by atoms with Gasteiger partial charge in [-0.3, -0.25) is 14.2 Å². The molecule has 1 unspecified atom stereocenters. The van der Waals surface area contributed by atoms with Gasteiger partial charge in [0.2, 0.25) is 0 Å². The lowest BCUT2D eigenvalue weighted by Gasteiger charge is -2.28. The molecular weight excluding hydrogens is 617 g/mol. The molecule has 0 bridgehead atoms. The number of phosphoric acid groups is 1. The predicted molar refractivity (Wildman–Crippen MR) is 190 cm³/mol. The fraction of sp³-hybridized carbons (Fsp3) is 0.892. The van der Waals surface area contributed by atoms with Gasteiger partial charge in [0, 0.05) is 12.8 Å². The van der Waals surface area contributed by atoms with Gasteiger partial charge in [-0.2, -0.15) is 0 Å². The molecule has 0 amide bonds. The number of allylic oxidation sites excluding steroid dienone is 2. The minimum Gasteiger partial charge on any atom is -0.756 e. The summed E-state index contributed by atoms with van der Waals surface area (Å²) in [5.41, 5.74) is 0. The summed E-state index contributed by atoms with van der Waals surface area (Å²) in [5.74, 6) is -0.862. The number of phosphoric ester groups is 1. The summed E-state index contributed by atoms with van der Waals surface area (Å²) < 4.78 is 33.6. The molecule has 0 aromatic heterocycles. The standard InChI is InChI=1S/C37H72NO8P/c1-6-8-10-12-14-16-17-18-19-20-21-22-24-26-28-30-37(40)46-35(34-45-47(41,42)44-32-31-38(3,4)5)33-43-36(39)29-27-25-23-15-13-11-9-7-2/h21-22,35H,6-20,23-34H2,1-5H3/b22-21+/t35-/m1/s1. The number of ether oxygens (including phenoxy) is 2. The number of quaternary nitrogens is 1.